The van der Waals surface area contributed by atoms with Crippen molar-refractivity contribution in [3.05, 3.63) is 58.7 Å². The van der Waals surface area contributed by atoms with E-state index < -0.39 is 17.6 Å². The molecule has 0 aliphatic rings. The van der Waals surface area contributed by atoms with Crippen LogP contribution in [0.3, 0.4) is 0 Å². The Labute approximate surface area is 117 Å². The van der Waals surface area contributed by atoms with Gasteiger partial charge in [-0.05, 0) is 30.3 Å². The molecule has 1 N–H and O–H groups in total. The van der Waals surface area contributed by atoms with Crippen LogP contribution < -0.4 is 5.32 Å². The zero-order valence-electron chi connectivity index (χ0n) is 9.91. The second-order valence-electron chi connectivity index (χ2n) is 3.89. The van der Waals surface area contributed by atoms with Gasteiger partial charge in [0, 0.05) is 16.8 Å². The van der Waals surface area contributed by atoms with Crippen LogP contribution in [0, 0.1) is 0 Å². The Morgan fingerprint density at radius 3 is 2.50 bits per heavy atom. The van der Waals surface area contributed by atoms with Crippen LogP contribution in [0.25, 0.3) is 0 Å². The number of amides is 1. The molecular weight excluding hydrogens is 293 g/mol. The van der Waals surface area contributed by atoms with E-state index in [9.17, 15) is 18.0 Å². The first kappa shape index (κ1) is 14.3. The van der Waals surface area contributed by atoms with Crippen LogP contribution >= 0.6 is 11.6 Å². The van der Waals surface area contributed by atoms with Crippen LogP contribution in [0.5, 0.6) is 0 Å². The van der Waals surface area contributed by atoms with Crippen LogP contribution in [0.1, 0.15) is 15.9 Å². The zero-order valence-corrected chi connectivity index (χ0v) is 10.7. The van der Waals surface area contributed by atoms with Gasteiger partial charge in [0.2, 0.25) is 0 Å². The molecule has 1 aromatic heterocycles. The fraction of sp³-hybridized carbons (Fsp3) is 0.0769. The molecule has 104 valence electrons. The first-order valence-corrected chi connectivity index (χ1v) is 5.84. The summed E-state index contributed by atoms with van der Waals surface area (Å²) in [6.45, 7) is 0. The molecule has 0 fully saturated rings. The number of pyridine rings is 1. The third kappa shape index (κ3) is 3.48. The van der Waals surface area contributed by atoms with Gasteiger partial charge in [-0.15, -0.1) is 0 Å². The number of halogens is 4. The molecule has 0 aliphatic heterocycles. The first-order chi connectivity index (χ1) is 9.36. The average molecular weight is 301 g/mol. The fourth-order valence-corrected chi connectivity index (χ4v) is 1.64. The molecule has 1 heterocycles. The average Bonchev–Trinajstić information content (AvgIpc) is 2.38. The normalized spacial score (nSPS) is 11.2. The molecule has 1 amide bonds. The van der Waals surface area contributed by atoms with Crippen molar-refractivity contribution in [2.75, 3.05) is 5.32 Å². The molecule has 2 rings (SSSR count). The summed E-state index contributed by atoms with van der Waals surface area (Å²) in [6, 6.07) is 8.12. The van der Waals surface area contributed by atoms with Crippen molar-refractivity contribution >= 4 is 23.3 Å². The molecule has 2 aromatic rings. The Bertz CT molecular complexity index is 626. The number of aromatic nitrogens is 1. The largest absolute Gasteiger partial charge is 0.417 e. The maximum Gasteiger partial charge on any atom is 0.417 e. The molecule has 0 atom stereocenters. The molecule has 0 saturated heterocycles. The number of alkyl halides is 3. The maximum atomic E-state index is 12.3. The summed E-state index contributed by atoms with van der Waals surface area (Å²) in [5.41, 5.74) is -0.586. The molecule has 0 unspecified atom stereocenters. The lowest BCUT2D eigenvalue weighted by Crippen LogP contribution is -2.13. The molecule has 20 heavy (non-hydrogen) atoms. The van der Waals surface area contributed by atoms with Crippen molar-refractivity contribution in [1.29, 1.82) is 0 Å². The van der Waals surface area contributed by atoms with E-state index in [1.165, 1.54) is 12.1 Å². The van der Waals surface area contributed by atoms with E-state index in [4.69, 9.17) is 11.6 Å². The van der Waals surface area contributed by atoms with E-state index in [0.717, 1.165) is 12.1 Å². The second kappa shape index (κ2) is 5.50. The molecule has 0 spiro atoms. The minimum absolute atomic E-state index is 0.0305. The highest BCUT2D eigenvalue weighted by Crippen LogP contribution is 2.28. The SMILES string of the molecule is O=C(Nc1ccc(C(F)(F)F)cn1)c1cccc(Cl)c1. The quantitative estimate of drug-likeness (QED) is 0.910. The van der Waals surface area contributed by atoms with Crippen molar-refractivity contribution in [3.8, 4) is 0 Å². The summed E-state index contributed by atoms with van der Waals surface area (Å²) in [6.07, 6.45) is -3.80. The monoisotopic (exact) mass is 300 g/mol. The molecule has 1 aromatic carbocycles. The lowest BCUT2D eigenvalue weighted by molar-refractivity contribution is -0.137. The lowest BCUT2D eigenvalue weighted by Gasteiger charge is -2.08. The molecule has 0 radical (unpaired) electrons. The van der Waals surface area contributed by atoms with Crippen molar-refractivity contribution in [2.45, 2.75) is 6.18 Å². The smallest absolute Gasteiger partial charge is 0.307 e. The van der Waals surface area contributed by atoms with E-state index in [1.54, 1.807) is 12.1 Å². The van der Waals surface area contributed by atoms with Gasteiger partial charge in [-0.3, -0.25) is 4.79 Å². The molecule has 3 nitrogen and oxygen atoms in total. The van der Waals surface area contributed by atoms with Gasteiger partial charge >= 0.3 is 6.18 Å². The number of anilines is 1. The van der Waals surface area contributed by atoms with Crippen molar-refractivity contribution < 1.29 is 18.0 Å². The van der Waals surface area contributed by atoms with Crippen LogP contribution in [-0.4, -0.2) is 10.9 Å². The van der Waals surface area contributed by atoms with Crippen LogP contribution in [0.15, 0.2) is 42.6 Å². The number of benzene rings is 1. The van der Waals surface area contributed by atoms with Crippen molar-refractivity contribution in [2.24, 2.45) is 0 Å². The highest BCUT2D eigenvalue weighted by atomic mass is 35.5. The van der Waals surface area contributed by atoms with E-state index >= 15 is 0 Å². The van der Waals surface area contributed by atoms with Gasteiger partial charge in [0.05, 0.1) is 5.56 Å². The van der Waals surface area contributed by atoms with Crippen molar-refractivity contribution in [3.63, 3.8) is 0 Å². The van der Waals surface area contributed by atoms with Crippen molar-refractivity contribution in [1.82, 2.24) is 4.98 Å². The Balaban J connectivity index is 2.12. The number of nitrogens with one attached hydrogen (secondary N) is 1. The Hall–Kier alpha value is -2.08. The third-order valence-corrected chi connectivity index (χ3v) is 2.65. The van der Waals surface area contributed by atoms with E-state index in [1.807, 2.05) is 0 Å². The fourth-order valence-electron chi connectivity index (χ4n) is 1.45. The summed E-state index contributed by atoms with van der Waals surface area (Å²) in [5.74, 6) is -0.470. The minimum Gasteiger partial charge on any atom is -0.307 e. The topological polar surface area (TPSA) is 42.0 Å². The van der Waals surface area contributed by atoms with Crippen LogP contribution in [-0.2, 0) is 6.18 Å². The van der Waals surface area contributed by atoms with Gasteiger partial charge in [0.25, 0.3) is 5.91 Å². The van der Waals surface area contributed by atoms with Gasteiger partial charge in [0.1, 0.15) is 5.82 Å². The summed E-state index contributed by atoms with van der Waals surface area (Å²) < 4.78 is 37.0. The Morgan fingerprint density at radius 1 is 1.20 bits per heavy atom. The third-order valence-electron chi connectivity index (χ3n) is 2.42. The molecular formula is C13H8ClF3N2O. The summed E-state index contributed by atoms with van der Waals surface area (Å²) in [4.78, 5) is 15.4. The molecule has 0 aliphatic carbocycles. The number of carbonyl (C=O) groups is 1. The van der Waals surface area contributed by atoms with Gasteiger partial charge in [-0.2, -0.15) is 13.2 Å². The van der Waals surface area contributed by atoms with E-state index in [2.05, 4.69) is 10.3 Å². The Kier molecular flexibility index (Phi) is 3.94. The minimum atomic E-state index is -4.46. The van der Waals surface area contributed by atoms with Crippen LogP contribution in [0.4, 0.5) is 19.0 Å². The molecule has 7 heteroatoms. The number of nitrogens with zero attached hydrogens (tertiary/aromatic N) is 1. The number of carbonyl (C=O) groups excluding carboxylic acids is 1. The van der Waals surface area contributed by atoms with E-state index in [0.29, 0.717) is 16.8 Å². The lowest BCUT2D eigenvalue weighted by atomic mass is 10.2. The Morgan fingerprint density at radius 2 is 1.95 bits per heavy atom. The van der Waals surface area contributed by atoms with Crippen LogP contribution in [0.2, 0.25) is 5.02 Å². The van der Waals surface area contributed by atoms with Gasteiger partial charge < -0.3 is 5.32 Å². The van der Waals surface area contributed by atoms with Gasteiger partial charge in [-0.1, -0.05) is 17.7 Å². The number of rotatable bonds is 2. The first-order valence-electron chi connectivity index (χ1n) is 5.46. The number of hydrogen-bond acceptors (Lipinski definition) is 2. The van der Waals surface area contributed by atoms with Gasteiger partial charge in [0.15, 0.2) is 0 Å². The zero-order chi connectivity index (χ0) is 14.8. The standard InChI is InChI=1S/C13H8ClF3N2O/c14-10-3-1-2-8(6-10)12(20)19-11-5-4-9(7-18-11)13(15,16)17/h1-7H,(H,18,19,20). The molecule has 0 saturated carbocycles. The summed E-state index contributed by atoms with van der Waals surface area (Å²) >= 11 is 5.74. The predicted molar refractivity (Wildman–Crippen MR) is 68.6 cm³/mol. The predicted octanol–water partition coefficient (Wildman–Crippen LogP) is 4.01. The number of hydrogen-bond donors (Lipinski definition) is 1. The highest BCUT2D eigenvalue weighted by Gasteiger charge is 2.30. The molecule has 0 bridgehead atoms. The summed E-state index contributed by atoms with van der Waals surface area (Å²) in [7, 11) is 0. The van der Waals surface area contributed by atoms with E-state index in [-0.39, 0.29) is 5.82 Å². The second-order valence-corrected chi connectivity index (χ2v) is 4.33. The van der Waals surface area contributed by atoms with Gasteiger partial charge in [-0.25, -0.2) is 4.98 Å². The highest BCUT2D eigenvalue weighted by molar-refractivity contribution is 6.31. The maximum absolute atomic E-state index is 12.3. The summed E-state index contributed by atoms with van der Waals surface area (Å²) in [5, 5.41) is 2.78.